The molecule has 0 spiro atoms. The van der Waals surface area contributed by atoms with Crippen molar-refractivity contribution < 1.29 is 9.90 Å². The Morgan fingerprint density at radius 2 is 1.69 bits per heavy atom. The van der Waals surface area contributed by atoms with E-state index in [-0.39, 0.29) is 16.6 Å². The Kier molecular flexibility index (Phi) is 6.78. The summed E-state index contributed by atoms with van der Waals surface area (Å²) in [5, 5.41) is 9.98. The number of carbonyl (C=O) groups is 1. The summed E-state index contributed by atoms with van der Waals surface area (Å²) in [6.07, 6.45) is 7.35. The van der Waals surface area contributed by atoms with Crippen LogP contribution in [0.3, 0.4) is 0 Å². The van der Waals surface area contributed by atoms with Crippen molar-refractivity contribution in [3.63, 3.8) is 0 Å². The highest BCUT2D eigenvalue weighted by Crippen LogP contribution is 2.47. The minimum absolute atomic E-state index is 0.154. The van der Waals surface area contributed by atoms with E-state index in [0.717, 1.165) is 17.5 Å². The van der Waals surface area contributed by atoms with Crippen molar-refractivity contribution in [1.29, 1.82) is 0 Å². The predicted octanol–water partition coefficient (Wildman–Crippen LogP) is 7.46. The fourth-order valence-electron chi connectivity index (χ4n) is 4.76. The molecule has 32 heavy (non-hydrogen) atoms. The van der Waals surface area contributed by atoms with E-state index < -0.39 is 0 Å². The zero-order valence-corrected chi connectivity index (χ0v) is 20.7. The third-order valence-electron chi connectivity index (χ3n) is 6.86. The number of aryl methyl sites for hydroxylation is 1. The minimum Gasteiger partial charge on any atom is -0.512 e. The lowest BCUT2D eigenvalue weighted by Gasteiger charge is -2.42. The molecule has 0 saturated carbocycles. The highest BCUT2D eigenvalue weighted by Gasteiger charge is 2.37. The van der Waals surface area contributed by atoms with Gasteiger partial charge in [0.25, 0.3) is 0 Å². The topological polar surface area (TPSA) is 50.2 Å². The maximum atomic E-state index is 10.5. The van der Waals surface area contributed by atoms with Gasteiger partial charge >= 0.3 is 0 Å². The van der Waals surface area contributed by atoms with Crippen LogP contribution in [0.5, 0.6) is 0 Å². The molecule has 1 aromatic heterocycles. The average Bonchev–Trinajstić information content (AvgIpc) is 2.72. The van der Waals surface area contributed by atoms with Gasteiger partial charge < -0.3 is 9.90 Å². The van der Waals surface area contributed by atoms with E-state index in [2.05, 4.69) is 60.6 Å². The first kappa shape index (κ1) is 24.0. The summed E-state index contributed by atoms with van der Waals surface area (Å²) in [7, 11) is 0. The van der Waals surface area contributed by atoms with Crippen LogP contribution >= 0.6 is 0 Å². The normalized spacial score (nSPS) is 16.9. The highest BCUT2D eigenvalue weighted by molar-refractivity contribution is 5.82. The van der Waals surface area contributed by atoms with E-state index >= 15 is 0 Å². The van der Waals surface area contributed by atoms with Crippen molar-refractivity contribution in [2.45, 2.75) is 85.0 Å². The van der Waals surface area contributed by atoms with E-state index in [1.54, 1.807) is 12.3 Å². The summed E-state index contributed by atoms with van der Waals surface area (Å²) >= 11 is 0. The molecule has 3 heteroatoms. The molecular weight excluding hydrogens is 394 g/mol. The number of aliphatic hydroxyl groups excluding tert-OH is 1. The molecule has 1 aromatic carbocycles. The van der Waals surface area contributed by atoms with E-state index in [4.69, 9.17) is 4.98 Å². The standard InChI is InChI=1S/C29H37NO2/c1-19(2)27(26-11-10-21(18-30-26)16-22(32)9-8-14-31)23-17-25-24(15-20(23)3)28(4,5)12-13-29(25,6)7/h10-11,14-18,32H,8-9,12-13H2,1-7H3/b22-16-. The van der Waals surface area contributed by atoms with Gasteiger partial charge in [-0.2, -0.15) is 0 Å². The molecule has 1 heterocycles. The van der Waals surface area contributed by atoms with Crippen LogP contribution < -0.4 is 0 Å². The summed E-state index contributed by atoms with van der Waals surface area (Å²) in [6, 6.07) is 8.81. The molecule has 0 bridgehead atoms. The summed E-state index contributed by atoms with van der Waals surface area (Å²) in [6.45, 7) is 15.9. The molecule has 0 fully saturated rings. The van der Waals surface area contributed by atoms with Gasteiger partial charge in [-0.3, -0.25) is 4.98 Å². The van der Waals surface area contributed by atoms with Gasteiger partial charge in [0, 0.05) is 24.6 Å². The fourth-order valence-corrected chi connectivity index (χ4v) is 4.76. The number of aldehydes is 1. The van der Waals surface area contributed by atoms with E-state index in [0.29, 0.717) is 12.8 Å². The van der Waals surface area contributed by atoms with Gasteiger partial charge in [-0.15, -0.1) is 0 Å². The van der Waals surface area contributed by atoms with Crippen molar-refractivity contribution in [1.82, 2.24) is 4.98 Å². The average molecular weight is 432 g/mol. The predicted molar refractivity (Wildman–Crippen MR) is 134 cm³/mol. The number of carbonyl (C=O) groups excluding carboxylic acids is 1. The Labute approximate surface area is 193 Å². The van der Waals surface area contributed by atoms with Gasteiger partial charge in [-0.05, 0) is 90.5 Å². The van der Waals surface area contributed by atoms with Crippen LogP contribution in [0.25, 0.3) is 11.6 Å². The highest BCUT2D eigenvalue weighted by atomic mass is 16.3. The van der Waals surface area contributed by atoms with Crippen LogP contribution in [-0.4, -0.2) is 16.4 Å². The number of fused-ring (bicyclic) bond motifs is 1. The maximum absolute atomic E-state index is 10.5. The molecule has 2 aromatic rings. The lowest BCUT2D eigenvalue weighted by molar-refractivity contribution is -0.107. The molecule has 1 aliphatic carbocycles. The summed E-state index contributed by atoms with van der Waals surface area (Å²) in [4.78, 5) is 15.3. The summed E-state index contributed by atoms with van der Waals surface area (Å²) in [5.74, 6) is 0.199. The molecule has 170 valence electrons. The van der Waals surface area contributed by atoms with Crippen molar-refractivity contribution in [3.8, 4) is 0 Å². The molecule has 0 saturated heterocycles. The molecule has 3 rings (SSSR count). The van der Waals surface area contributed by atoms with Gasteiger partial charge in [0.05, 0.1) is 11.5 Å². The van der Waals surface area contributed by atoms with Crippen LogP contribution in [0.4, 0.5) is 0 Å². The van der Waals surface area contributed by atoms with Gasteiger partial charge in [0.15, 0.2) is 0 Å². The van der Waals surface area contributed by atoms with E-state index in [1.165, 1.54) is 46.2 Å². The Morgan fingerprint density at radius 1 is 1.06 bits per heavy atom. The van der Waals surface area contributed by atoms with Crippen LogP contribution in [-0.2, 0) is 15.6 Å². The lowest BCUT2D eigenvalue weighted by atomic mass is 9.62. The smallest absolute Gasteiger partial charge is 0.120 e. The molecule has 1 N–H and O–H groups in total. The number of pyridine rings is 1. The number of benzene rings is 1. The second kappa shape index (κ2) is 9.05. The number of hydrogen-bond donors (Lipinski definition) is 1. The number of nitrogens with zero attached hydrogens (tertiary/aromatic N) is 1. The van der Waals surface area contributed by atoms with Crippen molar-refractivity contribution >= 4 is 17.9 Å². The first-order valence-corrected chi connectivity index (χ1v) is 11.6. The number of aliphatic hydroxyl groups is 1. The van der Waals surface area contributed by atoms with Crippen molar-refractivity contribution in [2.75, 3.05) is 0 Å². The molecule has 0 atom stereocenters. The monoisotopic (exact) mass is 431 g/mol. The Hall–Kier alpha value is -2.68. The Bertz CT molecular complexity index is 1070. The number of allylic oxidation sites excluding steroid dienone is 2. The number of hydrogen-bond acceptors (Lipinski definition) is 3. The van der Waals surface area contributed by atoms with Gasteiger partial charge in [0.1, 0.15) is 6.29 Å². The molecular formula is C29H37NO2. The zero-order chi connectivity index (χ0) is 23.7. The largest absolute Gasteiger partial charge is 0.512 e. The van der Waals surface area contributed by atoms with Crippen LogP contribution in [0.15, 0.2) is 41.8 Å². The van der Waals surface area contributed by atoms with Gasteiger partial charge in [-0.1, -0.05) is 45.4 Å². The molecule has 1 aliphatic rings. The van der Waals surface area contributed by atoms with Crippen molar-refractivity contribution in [3.05, 3.63) is 75.3 Å². The van der Waals surface area contributed by atoms with Crippen LogP contribution in [0.2, 0.25) is 0 Å². The van der Waals surface area contributed by atoms with E-state index in [9.17, 15) is 9.90 Å². The molecule has 0 unspecified atom stereocenters. The molecule has 3 nitrogen and oxygen atoms in total. The third-order valence-corrected chi connectivity index (χ3v) is 6.86. The molecule has 0 aliphatic heterocycles. The Balaban J connectivity index is 2.06. The lowest BCUT2D eigenvalue weighted by Crippen LogP contribution is -2.34. The first-order valence-electron chi connectivity index (χ1n) is 11.6. The van der Waals surface area contributed by atoms with Crippen LogP contribution in [0.1, 0.15) is 101 Å². The van der Waals surface area contributed by atoms with Crippen molar-refractivity contribution in [2.24, 2.45) is 0 Å². The minimum atomic E-state index is 0.154. The fraction of sp³-hybridized carbons (Fsp3) is 0.448. The van der Waals surface area contributed by atoms with Crippen LogP contribution in [0, 0.1) is 6.92 Å². The second-order valence-electron chi connectivity index (χ2n) is 10.7. The molecule has 0 amide bonds. The third kappa shape index (κ3) is 4.87. The summed E-state index contributed by atoms with van der Waals surface area (Å²) < 4.78 is 0. The summed E-state index contributed by atoms with van der Waals surface area (Å²) in [5.41, 5.74) is 9.96. The Morgan fingerprint density at radius 3 is 2.22 bits per heavy atom. The SMILES string of the molecule is CC(C)=C(c1ccc(/C=C(\O)CCC=O)cn1)c1cc2c(cc1C)C(C)(C)CCC2(C)C. The number of aromatic nitrogens is 1. The van der Waals surface area contributed by atoms with E-state index in [1.807, 2.05) is 12.1 Å². The second-order valence-corrected chi connectivity index (χ2v) is 10.7. The number of rotatable bonds is 6. The quantitative estimate of drug-likeness (QED) is 0.381. The van der Waals surface area contributed by atoms with Gasteiger partial charge in [-0.25, -0.2) is 0 Å². The molecule has 0 radical (unpaired) electrons. The van der Waals surface area contributed by atoms with Gasteiger partial charge in [0.2, 0.25) is 0 Å². The zero-order valence-electron chi connectivity index (χ0n) is 20.7. The maximum Gasteiger partial charge on any atom is 0.120 e. The first-order chi connectivity index (χ1) is 15.0.